The second-order valence-electron chi connectivity index (χ2n) is 5.17. The summed E-state index contributed by atoms with van der Waals surface area (Å²) in [6.45, 7) is 0.723. The number of hydrogen-bond acceptors (Lipinski definition) is 3. The minimum absolute atomic E-state index is 0.354. The monoisotopic (exact) mass is 221 g/mol. The van der Waals surface area contributed by atoms with Crippen LogP contribution >= 0.6 is 0 Å². The molecule has 1 saturated carbocycles. The lowest BCUT2D eigenvalue weighted by Gasteiger charge is -2.54. The van der Waals surface area contributed by atoms with Crippen molar-refractivity contribution in [3.05, 3.63) is 0 Å². The van der Waals surface area contributed by atoms with Crippen LogP contribution in [0.1, 0.15) is 19.3 Å². The van der Waals surface area contributed by atoms with Crippen LogP contribution in [0.25, 0.3) is 0 Å². The molecule has 2 fully saturated rings. The van der Waals surface area contributed by atoms with Gasteiger partial charge in [-0.2, -0.15) is 0 Å². The van der Waals surface area contributed by atoms with Crippen LogP contribution < -0.4 is 0 Å². The van der Waals surface area contributed by atoms with Gasteiger partial charge in [0.2, 0.25) is 5.92 Å². The molecule has 5 heteroatoms. The van der Waals surface area contributed by atoms with E-state index in [4.69, 9.17) is 0 Å². The molecule has 2 N–H and O–H groups in total. The molecule has 2 rings (SSSR count). The highest BCUT2D eigenvalue weighted by Crippen LogP contribution is 2.59. The van der Waals surface area contributed by atoms with Crippen molar-refractivity contribution in [2.75, 3.05) is 26.7 Å². The Hall–Kier alpha value is -0.260. The fourth-order valence-electron chi connectivity index (χ4n) is 2.94. The highest BCUT2D eigenvalue weighted by Gasteiger charge is 2.66. The zero-order valence-corrected chi connectivity index (χ0v) is 8.84. The van der Waals surface area contributed by atoms with Crippen LogP contribution in [0.4, 0.5) is 8.78 Å². The Labute approximate surface area is 87.7 Å². The number of nitrogens with zero attached hydrogens (tertiary/aromatic N) is 1. The molecule has 0 radical (unpaired) electrons. The van der Waals surface area contributed by atoms with E-state index in [9.17, 15) is 19.0 Å². The van der Waals surface area contributed by atoms with Crippen LogP contribution in [0.5, 0.6) is 0 Å². The largest absolute Gasteiger partial charge is 0.396 e. The van der Waals surface area contributed by atoms with Crippen LogP contribution in [0, 0.1) is 5.41 Å². The van der Waals surface area contributed by atoms with Crippen molar-refractivity contribution in [3.63, 3.8) is 0 Å². The van der Waals surface area contributed by atoms with E-state index in [1.807, 2.05) is 11.9 Å². The Morgan fingerprint density at radius 1 is 1.33 bits per heavy atom. The predicted molar refractivity (Wildman–Crippen MR) is 50.8 cm³/mol. The number of rotatable bonds is 2. The molecule has 1 heterocycles. The Morgan fingerprint density at radius 2 is 1.93 bits per heavy atom. The summed E-state index contributed by atoms with van der Waals surface area (Å²) in [5.41, 5.74) is -2.13. The summed E-state index contributed by atoms with van der Waals surface area (Å²) in [5, 5.41) is 19.6. The van der Waals surface area contributed by atoms with Gasteiger partial charge >= 0.3 is 0 Å². The minimum Gasteiger partial charge on any atom is -0.396 e. The first kappa shape index (κ1) is 11.2. The van der Waals surface area contributed by atoms with Crippen molar-refractivity contribution < 1.29 is 19.0 Å². The van der Waals surface area contributed by atoms with Crippen molar-refractivity contribution >= 4 is 0 Å². The lowest BCUT2D eigenvalue weighted by molar-refractivity contribution is -0.247. The average Bonchev–Trinajstić information content (AvgIpc) is 2.42. The van der Waals surface area contributed by atoms with E-state index in [1.54, 1.807) is 0 Å². The van der Waals surface area contributed by atoms with Gasteiger partial charge < -0.3 is 15.1 Å². The lowest BCUT2D eigenvalue weighted by Crippen LogP contribution is -2.63. The molecule has 15 heavy (non-hydrogen) atoms. The maximum Gasteiger partial charge on any atom is 0.249 e. The average molecular weight is 221 g/mol. The molecule has 0 spiro atoms. The highest BCUT2D eigenvalue weighted by atomic mass is 19.3. The normalized spacial score (nSPS) is 39.0. The van der Waals surface area contributed by atoms with Crippen molar-refractivity contribution in [3.8, 4) is 0 Å². The van der Waals surface area contributed by atoms with Gasteiger partial charge in [-0.15, -0.1) is 0 Å². The van der Waals surface area contributed by atoms with Crippen molar-refractivity contribution in [2.45, 2.75) is 30.8 Å². The Morgan fingerprint density at radius 3 is 2.27 bits per heavy atom. The molecule has 1 saturated heterocycles. The van der Waals surface area contributed by atoms with Crippen molar-refractivity contribution in [2.24, 2.45) is 5.41 Å². The number of halogens is 2. The van der Waals surface area contributed by atoms with E-state index in [2.05, 4.69) is 0 Å². The zero-order valence-electron chi connectivity index (χ0n) is 8.84. The van der Waals surface area contributed by atoms with Crippen LogP contribution in [0.3, 0.4) is 0 Å². The number of hydrogen-bond donors (Lipinski definition) is 2. The zero-order chi connectivity index (χ0) is 11.3. The van der Waals surface area contributed by atoms with Crippen LogP contribution in [-0.4, -0.2) is 53.4 Å². The van der Waals surface area contributed by atoms with Gasteiger partial charge in [-0.3, -0.25) is 0 Å². The van der Waals surface area contributed by atoms with Crippen molar-refractivity contribution in [1.29, 1.82) is 0 Å². The van der Waals surface area contributed by atoms with Gasteiger partial charge in [0.25, 0.3) is 0 Å². The molecule has 1 aliphatic heterocycles. The lowest BCUT2D eigenvalue weighted by atomic mass is 9.56. The molecule has 0 aromatic carbocycles. The van der Waals surface area contributed by atoms with Crippen LogP contribution in [0.15, 0.2) is 0 Å². The Bertz CT molecular complexity index is 264. The first-order valence-electron chi connectivity index (χ1n) is 5.22. The standard InChI is InChI=1S/C10H17F2NO2/c1-13-3-2-9(15,6-13)8(7-14)4-10(11,12)5-8/h14-15H,2-7H2,1H3. The topological polar surface area (TPSA) is 43.7 Å². The SMILES string of the molecule is CN1CCC(O)(C2(CO)CC(F)(F)C2)C1. The molecule has 3 nitrogen and oxygen atoms in total. The predicted octanol–water partition coefficient (Wildman–Crippen LogP) is 0.461. The molecular formula is C10H17F2NO2. The van der Waals surface area contributed by atoms with Crippen molar-refractivity contribution in [1.82, 2.24) is 4.90 Å². The van der Waals surface area contributed by atoms with Gasteiger partial charge in [0.15, 0.2) is 0 Å². The maximum atomic E-state index is 12.9. The third-order valence-electron chi connectivity index (χ3n) is 3.92. The van der Waals surface area contributed by atoms with Gasteiger partial charge in [-0.1, -0.05) is 0 Å². The fraction of sp³-hybridized carbons (Fsp3) is 1.00. The second-order valence-corrected chi connectivity index (χ2v) is 5.17. The number of likely N-dealkylation sites (tertiary alicyclic amines) is 1. The number of β-amino-alcohol motifs (C(OH)–C–C–N with tert-alkyl or cyclic N) is 1. The third kappa shape index (κ3) is 1.57. The van der Waals surface area contributed by atoms with Gasteiger partial charge in [0, 0.05) is 31.3 Å². The molecule has 0 bridgehead atoms. The van der Waals surface area contributed by atoms with Crippen LogP contribution in [0.2, 0.25) is 0 Å². The number of likely N-dealkylation sites (N-methyl/N-ethyl adjacent to an activating group) is 1. The summed E-state index contributed by atoms with van der Waals surface area (Å²) < 4.78 is 25.8. The fourth-order valence-corrected chi connectivity index (χ4v) is 2.94. The quantitative estimate of drug-likeness (QED) is 0.712. The first-order chi connectivity index (χ1) is 6.83. The minimum atomic E-state index is -2.71. The molecule has 0 aromatic heterocycles. The van der Waals surface area contributed by atoms with E-state index >= 15 is 0 Å². The second kappa shape index (κ2) is 3.12. The van der Waals surface area contributed by atoms with Crippen LogP contribution in [-0.2, 0) is 0 Å². The van der Waals surface area contributed by atoms with E-state index in [0.29, 0.717) is 19.5 Å². The smallest absolute Gasteiger partial charge is 0.249 e. The summed E-state index contributed by atoms with van der Waals surface area (Å²) >= 11 is 0. The maximum absolute atomic E-state index is 12.9. The van der Waals surface area contributed by atoms with E-state index in [0.717, 1.165) is 0 Å². The number of aliphatic hydroxyl groups is 2. The molecule has 1 unspecified atom stereocenters. The summed E-state index contributed by atoms with van der Waals surface area (Å²) in [7, 11) is 1.85. The molecule has 88 valence electrons. The Kier molecular flexibility index (Phi) is 2.34. The molecule has 0 aromatic rings. The van der Waals surface area contributed by atoms with Gasteiger partial charge in [0.1, 0.15) is 0 Å². The summed E-state index contributed by atoms with van der Waals surface area (Å²) in [4.78, 5) is 1.91. The van der Waals surface area contributed by atoms with Gasteiger partial charge in [-0.05, 0) is 13.5 Å². The summed E-state index contributed by atoms with van der Waals surface area (Å²) in [5.74, 6) is -2.71. The van der Waals surface area contributed by atoms with Gasteiger partial charge in [-0.25, -0.2) is 8.78 Å². The van der Waals surface area contributed by atoms with E-state index in [1.165, 1.54) is 0 Å². The summed E-state index contributed by atoms with van der Waals surface area (Å²) in [6.07, 6.45) is -0.304. The molecule has 2 aliphatic rings. The third-order valence-corrected chi connectivity index (χ3v) is 3.92. The molecule has 1 aliphatic carbocycles. The number of alkyl halides is 2. The van der Waals surface area contributed by atoms with Gasteiger partial charge in [0.05, 0.1) is 12.2 Å². The molecule has 1 atom stereocenters. The first-order valence-corrected chi connectivity index (χ1v) is 5.22. The Balaban J connectivity index is 2.15. The summed E-state index contributed by atoms with van der Waals surface area (Å²) in [6, 6.07) is 0. The molecule has 0 amide bonds. The van der Waals surface area contributed by atoms with E-state index < -0.39 is 16.9 Å². The van der Waals surface area contributed by atoms with E-state index in [-0.39, 0.29) is 19.4 Å². The molecular weight excluding hydrogens is 204 g/mol. The number of aliphatic hydroxyl groups excluding tert-OH is 1. The highest BCUT2D eigenvalue weighted by molar-refractivity contribution is 5.12.